The van der Waals surface area contributed by atoms with Crippen molar-refractivity contribution in [3.05, 3.63) is 0 Å². The second kappa shape index (κ2) is 9.74. The van der Waals surface area contributed by atoms with Crippen molar-refractivity contribution in [2.24, 2.45) is 5.92 Å². The van der Waals surface area contributed by atoms with E-state index in [0.29, 0.717) is 0 Å². The van der Waals surface area contributed by atoms with Gasteiger partial charge in [-0.05, 0) is 45.8 Å². The number of rotatable bonds is 6. The van der Waals surface area contributed by atoms with Crippen LogP contribution in [-0.4, -0.2) is 49.6 Å². The third-order valence-electron chi connectivity index (χ3n) is 5.36. The van der Waals surface area contributed by atoms with Crippen LogP contribution in [0.5, 0.6) is 0 Å². The smallest absolute Gasteiger partial charge is 0.224 e. The van der Waals surface area contributed by atoms with Crippen LogP contribution in [0, 0.1) is 5.92 Å². The predicted molar refractivity (Wildman–Crippen MR) is 94.6 cm³/mol. The molecule has 0 bridgehead atoms. The van der Waals surface area contributed by atoms with E-state index in [1.165, 1.54) is 64.5 Å². The molecule has 130 valence electrons. The van der Waals surface area contributed by atoms with Crippen molar-refractivity contribution in [3.63, 3.8) is 0 Å². The van der Waals surface area contributed by atoms with Gasteiger partial charge in [-0.2, -0.15) is 0 Å². The van der Waals surface area contributed by atoms with Crippen LogP contribution in [0.3, 0.4) is 0 Å². The van der Waals surface area contributed by atoms with Crippen LogP contribution in [0.25, 0.3) is 0 Å². The molecule has 0 radical (unpaired) electrons. The Labute approximate surface area is 142 Å². The molecule has 0 aromatic rings. The summed E-state index contributed by atoms with van der Waals surface area (Å²) >= 11 is 0. The van der Waals surface area contributed by atoms with Crippen LogP contribution in [0.15, 0.2) is 0 Å². The van der Waals surface area contributed by atoms with Gasteiger partial charge in [0.05, 0.1) is 0 Å². The van der Waals surface area contributed by atoms with E-state index in [1.54, 1.807) is 0 Å². The summed E-state index contributed by atoms with van der Waals surface area (Å²) in [5.74, 6) is 0.253. The van der Waals surface area contributed by atoms with Crippen molar-refractivity contribution in [1.82, 2.24) is 15.5 Å². The predicted octanol–water partition coefficient (Wildman–Crippen LogP) is 2.57. The molecule has 1 heterocycles. The van der Waals surface area contributed by atoms with Gasteiger partial charge in [0.2, 0.25) is 5.91 Å². The lowest BCUT2D eigenvalue weighted by atomic mass is 9.79. The Balaban J connectivity index is 0.00000242. The van der Waals surface area contributed by atoms with E-state index in [-0.39, 0.29) is 29.8 Å². The Morgan fingerprint density at radius 1 is 1.09 bits per heavy atom. The molecule has 1 atom stereocenters. The highest BCUT2D eigenvalue weighted by Gasteiger charge is 2.38. The molecular weight excluding hydrogens is 298 g/mol. The molecule has 1 saturated heterocycles. The molecule has 1 aliphatic carbocycles. The monoisotopic (exact) mass is 331 g/mol. The number of hydrogen-bond acceptors (Lipinski definition) is 3. The maximum atomic E-state index is 12.2. The third kappa shape index (κ3) is 5.10. The highest BCUT2D eigenvalue weighted by atomic mass is 35.5. The summed E-state index contributed by atoms with van der Waals surface area (Å²) in [4.78, 5) is 14.9. The van der Waals surface area contributed by atoms with Crippen LogP contribution in [0.1, 0.15) is 58.3 Å². The molecule has 1 amide bonds. The highest BCUT2D eigenvalue weighted by Crippen LogP contribution is 2.35. The lowest BCUT2D eigenvalue weighted by molar-refractivity contribution is -0.125. The fourth-order valence-corrected chi connectivity index (χ4v) is 4.01. The zero-order valence-electron chi connectivity index (χ0n) is 14.3. The minimum atomic E-state index is 0. The SMILES string of the molecule is CNCC(C)C(=O)NCC1(N2CCCCC2)CCCCC1.Cl. The van der Waals surface area contributed by atoms with Crippen LogP contribution in [0.4, 0.5) is 0 Å². The van der Waals surface area contributed by atoms with Crippen molar-refractivity contribution in [2.45, 2.75) is 63.8 Å². The third-order valence-corrected chi connectivity index (χ3v) is 5.36. The number of carbonyl (C=O) groups excluding carboxylic acids is 1. The number of piperidine rings is 1. The summed E-state index contributed by atoms with van der Waals surface area (Å²) in [5, 5.41) is 6.34. The molecule has 22 heavy (non-hydrogen) atoms. The molecule has 2 fully saturated rings. The fourth-order valence-electron chi connectivity index (χ4n) is 4.01. The molecule has 5 heteroatoms. The van der Waals surface area contributed by atoms with Crippen molar-refractivity contribution < 1.29 is 4.79 Å². The van der Waals surface area contributed by atoms with Crippen LogP contribution < -0.4 is 10.6 Å². The quantitative estimate of drug-likeness (QED) is 0.786. The standard InChI is InChI=1S/C17H33N3O.ClH/c1-15(13-18-2)16(21)19-14-17(9-5-3-6-10-17)20-11-7-4-8-12-20;/h15,18H,3-14H2,1-2H3,(H,19,21);1H. The van der Waals surface area contributed by atoms with Gasteiger partial charge in [-0.25, -0.2) is 0 Å². The van der Waals surface area contributed by atoms with Gasteiger partial charge in [-0.3, -0.25) is 9.69 Å². The first-order valence-electron chi connectivity index (χ1n) is 8.85. The molecule has 0 spiro atoms. The van der Waals surface area contributed by atoms with Gasteiger partial charge in [0.1, 0.15) is 0 Å². The second-order valence-corrected chi connectivity index (χ2v) is 7.01. The van der Waals surface area contributed by atoms with E-state index in [2.05, 4.69) is 15.5 Å². The summed E-state index contributed by atoms with van der Waals surface area (Å²) in [7, 11) is 1.90. The molecule has 1 unspecified atom stereocenters. The second-order valence-electron chi connectivity index (χ2n) is 7.01. The molecule has 0 aromatic carbocycles. The largest absolute Gasteiger partial charge is 0.354 e. The lowest BCUT2D eigenvalue weighted by Gasteiger charge is -2.48. The topological polar surface area (TPSA) is 44.4 Å². The van der Waals surface area contributed by atoms with Gasteiger partial charge in [0.15, 0.2) is 0 Å². The van der Waals surface area contributed by atoms with Crippen molar-refractivity contribution >= 4 is 18.3 Å². The Morgan fingerprint density at radius 2 is 1.68 bits per heavy atom. The summed E-state index contributed by atoms with van der Waals surface area (Å²) in [6, 6.07) is 0. The van der Waals surface area contributed by atoms with E-state index in [1.807, 2.05) is 14.0 Å². The molecular formula is C17H34ClN3O. The van der Waals surface area contributed by atoms with E-state index < -0.39 is 0 Å². The minimum absolute atomic E-state index is 0. The zero-order valence-corrected chi connectivity index (χ0v) is 15.1. The van der Waals surface area contributed by atoms with E-state index in [4.69, 9.17) is 0 Å². The number of amides is 1. The van der Waals surface area contributed by atoms with Crippen LogP contribution >= 0.6 is 12.4 Å². The number of nitrogens with one attached hydrogen (secondary N) is 2. The molecule has 1 saturated carbocycles. The summed E-state index contributed by atoms with van der Waals surface area (Å²) < 4.78 is 0. The number of halogens is 1. The van der Waals surface area contributed by atoms with Crippen molar-refractivity contribution in [2.75, 3.05) is 33.2 Å². The van der Waals surface area contributed by atoms with Gasteiger partial charge < -0.3 is 10.6 Å². The molecule has 1 aliphatic heterocycles. The average Bonchev–Trinajstić information content (AvgIpc) is 2.54. The molecule has 0 aromatic heterocycles. The normalized spacial score (nSPS) is 23.4. The molecule has 4 nitrogen and oxygen atoms in total. The first kappa shape index (κ1) is 19.7. The van der Waals surface area contributed by atoms with Gasteiger partial charge in [-0.1, -0.05) is 32.6 Å². The molecule has 2 rings (SSSR count). The van der Waals surface area contributed by atoms with E-state index in [9.17, 15) is 4.79 Å². The van der Waals surface area contributed by atoms with Crippen molar-refractivity contribution in [3.8, 4) is 0 Å². The van der Waals surface area contributed by atoms with E-state index in [0.717, 1.165) is 13.1 Å². The highest BCUT2D eigenvalue weighted by molar-refractivity contribution is 5.85. The molecule has 2 aliphatic rings. The maximum Gasteiger partial charge on any atom is 0.224 e. The lowest BCUT2D eigenvalue weighted by Crippen LogP contribution is -2.58. The maximum absolute atomic E-state index is 12.2. The fraction of sp³-hybridized carbons (Fsp3) is 0.941. The Morgan fingerprint density at radius 3 is 2.27 bits per heavy atom. The van der Waals surface area contributed by atoms with Gasteiger partial charge in [0.25, 0.3) is 0 Å². The van der Waals surface area contributed by atoms with E-state index >= 15 is 0 Å². The summed E-state index contributed by atoms with van der Waals surface area (Å²) in [6.45, 7) is 6.05. The summed E-state index contributed by atoms with van der Waals surface area (Å²) in [6.07, 6.45) is 10.5. The van der Waals surface area contributed by atoms with Crippen LogP contribution in [-0.2, 0) is 4.79 Å². The van der Waals surface area contributed by atoms with Crippen molar-refractivity contribution in [1.29, 1.82) is 0 Å². The Kier molecular flexibility index (Phi) is 8.73. The number of hydrogen-bond donors (Lipinski definition) is 2. The van der Waals surface area contributed by atoms with Crippen LogP contribution in [0.2, 0.25) is 0 Å². The van der Waals surface area contributed by atoms with Gasteiger partial charge >= 0.3 is 0 Å². The first-order valence-corrected chi connectivity index (χ1v) is 8.85. The Bertz CT molecular complexity index is 326. The minimum Gasteiger partial charge on any atom is -0.354 e. The van der Waals surface area contributed by atoms with Gasteiger partial charge in [-0.15, -0.1) is 12.4 Å². The molecule has 2 N–H and O–H groups in total. The average molecular weight is 332 g/mol. The Hall–Kier alpha value is -0.320. The first-order chi connectivity index (χ1) is 10.2. The number of carbonyl (C=O) groups is 1. The number of likely N-dealkylation sites (tertiary alicyclic amines) is 1. The van der Waals surface area contributed by atoms with Gasteiger partial charge in [0, 0.05) is 24.5 Å². The zero-order chi connectivity index (χ0) is 15.1. The number of nitrogens with zero attached hydrogens (tertiary/aromatic N) is 1. The summed E-state index contributed by atoms with van der Waals surface area (Å²) in [5.41, 5.74) is 0.244.